The van der Waals surface area contributed by atoms with E-state index < -0.39 is 24.1 Å². The summed E-state index contributed by atoms with van der Waals surface area (Å²) in [6, 6.07) is 10.1. The summed E-state index contributed by atoms with van der Waals surface area (Å²) in [5.41, 5.74) is 1.67. The van der Waals surface area contributed by atoms with Crippen LogP contribution in [0.5, 0.6) is 5.75 Å². The molecule has 35 heavy (non-hydrogen) atoms. The highest BCUT2D eigenvalue weighted by molar-refractivity contribution is 5.65. The van der Waals surface area contributed by atoms with Crippen LogP contribution in [-0.4, -0.2) is 32.0 Å². The van der Waals surface area contributed by atoms with Crippen LogP contribution in [0.15, 0.2) is 42.5 Å². The normalized spacial score (nSPS) is 25.6. The molecule has 1 saturated heterocycles. The van der Waals surface area contributed by atoms with Crippen LogP contribution >= 0.6 is 0 Å². The van der Waals surface area contributed by atoms with E-state index in [0.29, 0.717) is 23.0 Å². The molecule has 1 saturated carbocycles. The lowest BCUT2D eigenvalue weighted by Gasteiger charge is -2.37. The van der Waals surface area contributed by atoms with Crippen molar-refractivity contribution in [1.29, 1.82) is 0 Å². The predicted octanol–water partition coefficient (Wildman–Crippen LogP) is 7.79. The van der Waals surface area contributed by atoms with Crippen LogP contribution in [0, 0.1) is 17.7 Å². The number of hydrogen-bond donors (Lipinski definition) is 0. The van der Waals surface area contributed by atoms with E-state index in [1.807, 2.05) is 6.07 Å². The van der Waals surface area contributed by atoms with Gasteiger partial charge in [0.15, 0.2) is 6.29 Å². The zero-order valence-corrected chi connectivity index (χ0v) is 19.7. The van der Waals surface area contributed by atoms with Crippen LogP contribution in [0.1, 0.15) is 56.9 Å². The molecule has 3 nitrogen and oxygen atoms in total. The average molecular weight is 499 g/mol. The Balaban J connectivity index is 1.33. The van der Waals surface area contributed by atoms with Crippen molar-refractivity contribution in [2.45, 2.75) is 70.2 Å². The van der Waals surface area contributed by atoms with E-state index in [1.54, 1.807) is 6.07 Å². The second kappa shape index (κ2) is 11.2. The van der Waals surface area contributed by atoms with Gasteiger partial charge in [0, 0.05) is 17.4 Å². The highest BCUT2D eigenvalue weighted by atomic mass is 19.3. The van der Waals surface area contributed by atoms with Crippen molar-refractivity contribution >= 4 is 0 Å². The minimum Gasteiger partial charge on any atom is -0.428 e. The molecule has 0 N–H and O–H groups in total. The Labute approximate surface area is 202 Å². The smallest absolute Gasteiger partial charge is 0.428 e. The van der Waals surface area contributed by atoms with Gasteiger partial charge in [0.25, 0.3) is 0 Å². The molecule has 0 amide bonds. The second-order valence-corrected chi connectivity index (χ2v) is 9.53. The van der Waals surface area contributed by atoms with Crippen molar-refractivity contribution in [2.24, 2.45) is 11.8 Å². The number of alkyl halides is 4. The molecule has 2 aromatic carbocycles. The van der Waals surface area contributed by atoms with Crippen LogP contribution in [0.25, 0.3) is 11.1 Å². The fourth-order valence-electron chi connectivity index (χ4n) is 5.05. The van der Waals surface area contributed by atoms with E-state index in [4.69, 9.17) is 9.47 Å². The SMILES string of the molecule is CCCC1COC(C2CCC(c3ccc(-c4ccc(OC(F)(F)C(F)F)cc4)c(F)c3)CC2)OC1. The molecular formula is C27H31F5O3. The van der Waals surface area contributed by atoms with Gasteiger partial charge in [0.1, 0.15) is 11.6 Å². The zero-order chi connectivity index (χ0) is 25.0. The molecule has 0 radical (unpaired) electrons. The zero-order valence-electron chi connectivity index (χ0n) is 19.7. The standard InChI is InChI=1S/C27H31F5O3/c1-2-3-17-15-33-25(34-16-17)20-6-4-18(5-7-20)21-10-13-23(24(28)14-21)19-8-11-22(12-9-19)35-27(31,32)26(29)30/h8-14,17-18,20,25-26H,2-7,15-16H2,1H3. The first-order valence-electron chi connectivity index (χ1n) is 12.2. The van der Waals surface area contributed by atoms with Gasteiger partial charge in [-0.15, -0.1) is 0 Å². The highest BCUT2D eigenvalue weighted by Crippen LogP contribution is 2.40. The van der Waals surface area contributed by atoms with Crippen LogP contribution in [0.4, 0.5) is 22.0 Å². The van der Waals surface area contributed by atoms with Crippen molar-refractivity contribution in [3.63, 3.8) is 0 Å². The molecule has 4 rings (SSSR count). The van der Waals surface area contributed by atoms with E-state index in [0.717, 1.165) is 69.4 Å². The molecule has 0 bridgehead atoms. The third kappa shape index (κ3) is 6.33. The predicted molar refractivity (Wildman–Crippen MR) is 122 cm³/mol. The largest absolute Gasteiger partial charge is 0.461 e. The Morgan fingerprint density at radius 3 is 2.20 bits per heavy atom. The molecule has 0 unspecified atom stereocenters. The first kappa shape index (κ1) is 25.9. The van der Waals surface area contributed by atoms with Gasteiger partial charge in [0.2, 0.25) is 0 Å². The molecule has 1 aliphatic carbocycles. The Bertz CT molecular complexity index is 950. The van der Waals surface area contributed by atoms with Crippen molar-refractivity contribution in [3.8, 4) is 16.9 Å². The lowest BCUT2D eigenvalue weighted by atomic mass is 9.78. The summed E-state index contributed by atoms with van der Waals surface area (Å²) in [4.78, 5) is 0. The van der Waals surface area contributed by atoms with E-state index in [2.05, 4.69) is 11.7 Å². The molecule has 0 atom stereocenters. The fraction of sp³-hybridized carbons (Fsp3) is 0.556. The molecule has 1 aliphatic heterocycles. The van der Waals surface area contributed by atoms with E-state index in [9.17, 15) is 22.0 Å². The third-order valence-corrected chi connectivity index (χ3v) is 6.98. The first-order chi connectivity index (χ1) is 16.8. The highest BCUT2D eigenvalue weighted by Gasteiger charge is 2.44. The first-order valence-corrected chi connectivity index (χ1v) is 12.2. The Hall–Kier alpha value is -2.19. The summed E-state index contributed by atoms with van der Waals surface area (Å²) in [5, 5.41) is 0. The van der Waals surface area contributed by atoms with Crippen LogP contribution < -0.4 is 4.74 Å². The monoisotopic (exact) mass is 498 g/mol. The maximum atomic E-state index is 14.9. The number of rotatable bonds is 8. The van der Waals surface area contributed by atoms with Gasteiger partial charge in [-0.3, -0.25) is 0 Å². The summed E-state index contributed by atoms with van der Waals surface area (Å²) in [5.74, 6) is 0.253. The van der Waals surface area contributed by atoms with Gasteiger partial charge < -0.3 is 14.2 Å². The molecule has 2 aromatic rings. The van der Waals surface area contributed by atoms with Gasteiger partial charge in [-0.25, -0.2) is 4.39 Å². The van der Waals surface area contributed by atoms with Gasteiger partial charge >= 0.3 is 12.5 Å². The van der Waals surface area contributed by atoms with Gasteiger partial charge in [-0.2, -0.15) is 17.6 Å². The molecule has 2 aliphatic rings. The van der Waals surface area contributed by atoms with Crippen molar-refractivity contribution in [1.82, 2.24) is 0 Å². The fourth-order valence-corrected chi connectivity index (χ4v) is 5.05. The van der Waals surface area contributed by atoms with Crippen LogP contribution in [-0.2, 0) is 9.47 Å². The Kier molecular flexibility index (Phi) is 8.32. The minimum atomic E-state index is -4.58. The van der Waals surface area contributed by atoms with Gasteiger partial charge in [0.05, 0.1) is 13.2 Å². The maximum Gasteiger partial charge on any atom is 0.461 e. The number of ether oxygens (including phenoxy) is 3. The van der Waals surface area contributed by atoms with Crippen LogP contribution in [0.2, 0.25) is 0 Å². The third-order valence-electron chi connectivity index (χ3n) is 6.98. The summed E-state index contributed by atoms with van der Waals surface area (Å²) >= 11 is 0. The summed E-state index contributed by atoms with van der Waals surface area (Å²) < 4.78 is 81.7. The lowest BCUT2D eigenvalue weighted by Crippen LogP contribution is -2.38. The van der Waals surface area contributed by atoms with Crippen molar-refractivity contribution in [2.75, 3.05) is 13.2 Å². The maximum absolute atomic E-state index is 14.9. The van der Waals surface area contributed by atoms with Gasteiger partial charge in [-0.05, 0) is 67.3 Å². The lowest BCUT2D eigenvalue weighted by molar-refractivity contribution is -0.253. The molecule has 1 heterocycles. The van der Waals surface area contributed by atoms with Crippen LogP contribution in [0.3, 0.4) is 0 Å². The molecule has 8 heteroatoms. The number of halogens is 5. The summed E-state index contributed by atoms with van der Waals surface area (Å²) in [7, 11) is 0. The minimum absolute atomic E-state index is 0.143. The second-order valence-electron chi connectivity index (χ2n) is 9.53. The van der Waals surface area contributed by atoms with E-state index in [-0.39, 0.29) is 12.2 Å². The van der Waals surface area contributed by atoms with E-state index >= 15 is 0 Å². The van der Waals surface area contributed by atoms with Gasteiger partial charge in [-0.1, -0.05) is 37.6 Å². The molecular weight excluding hydrogens is 467 g/mol. The molecule has 0 spiro atoms. The Morgan fingerprint density at radius 1 is 0.971 bits per heavy atom. The Morgan fingerprint density at radius 2 is 1.63 bits per heavy atom. The molecule has 192 valence electrons. The quantitative estimate of drug-likeness (QED) is 0.348. The van der Waals surface area contributed by atoms with E-state index in [1.165, 1.54) is 18.2 Å². The van der Waals surface area contributed by atoms with Crippen molar-refractivity contribution < 1.29 is 36.2 Å². The average Bonchev–Trinajstić information content (AvgIpc) is 2.85. The van der Waals surface area contributed by atoms with Crippen molar-refractivity contribution in [3.05, 3.63) is 53.8 Å². The summed E-state index contributed by atoms with van der Waals surface area (Å²) in [6.07, 6.45) is -2.65. The number of benzene rings is 2. The topological polar surface area (TPSA) is 27.7 Å². The molecule has 0 aromatic heterocycles. The number of hydrogen-bond acceptors (Lipinski definition) is 3. The summed E-state index contributed by atoms with van der Waals surface area (Å²) in [6.45, 7) is 3.68. The molecule has 2 fully saturated rings.